The van der Waals surface area contributed by atoms with Gasteiger partial charge in [0.25, 0.3) is 0 Å². The number of rotatable bonds is 5. The molecule has 1 N–H and O–H groups in total. The van der Waals surface area contributed by atoms with Gasteiger partial charge in [-0.3, -0.25) is 9.10 Å². The first-order chi connectivity index (χ1) is 9.29. The van der Waals surface area contributed by atoms with Crippen molar-refractivity contribution in [3.8, 4) is 0 Å². The van der Waals surface area contributed by atoms with E-state index in [0.29, 0.717) is 5.69 Å². The number of anilines is 1. The lowest BCUT2D eigenvalue weighted by Crippen LogP contribution is -2.41. The highest BCUT2D eigenvalue weighted by atomic mass is 32.2. The Labute approximate surface area is 120 Å². The number of hydrogen-bond donors (Lipinski definition) is 1. The van der Waals surface area contributed by atoms with Gasteiger partial charge in [-0.1, -0.05) is 12.1 Å². The predicted molar refractivity (Wildman–Crippen MR) is 79.3 cm³/mol. The summed E-state index contributed by atoms with van der Waals surface area (Å²) in [6.07, 6.45) is 3.08. The van der Waals surface area contributed by atoms with E-state index in [0.717, 1.165) is 30.2 Å². The second-order valence-corrected chi connectivity index (χ2v) is 7.24. The molecule has 0 bridgehead atoms. The average Bonchev–Trinajstić information content (AvgIpc) is 3.13. The van der Waals surface area contributed by atoms with Crippen LogP contribution in [0.15, 0.2) is 18.2 Å². The standard InChI is InChI=1S/C14H20N2O3S/c1-10-5-4-6-13(11(10)2)16(20(3,18)19)9-14(17)15-12-7-8-12/h4-6,12H,7-9H2,1-3H3,(H,15,17). The second kappa shape index (κ2) is 5.44. The number of carbonyl (C=O) groups excluding carboxylic acids is 1. The van der Waals surface area contributed by atoms with Crippen LogP contribution in [0.3, 0.4) is 0 Å². The van der Waals surface area contributed by atoms with E-state index in [4.69, 9.17) is 0 Å². The zero-order valence-electron chi connectivity index (χ0n) is 12.0. The Kier molecular flexibility index (Phi) is 4.04. The van der Waals surface area contributed by atoms with Crippen LogP contribution in [0.1, 0.15) is 24.0 Å². The number of sulfonamides is 1. The zero-order valence-corrected chi connectivity index (χ0v) is 12.8. The van der Waals surface area contributed by atoms with Gasteiger partial charge in [-0.2, -0.15) is 0 Å². The number of nitrogens with one attached hydrogen (secondary N) is 1. The normalized spacial score (nSPS) is 14.9. The summed E-state index contributed by atoms with van der Waals surface area (Å²) in [4.78, 5) is 11.9. The average molecular weight is 296 g/mol. The molecule has 1 amide bonds. The third-order valence-electron chi connectivity index (χ3n) is 3.47. The Morgan fingerprint density at radius 3 is 2.55 bits per heavy atom. The maximum atomic E-state index is 12.0. The van der Waals surface area contributed by atoms with Crippen molar-refractivity contribution in [2.45, 2.75) is 32.7 Å². The van der Waals surface area contributed by atoms with Crippen LogP contribution in [0.25, 0.3) is 0 Å². The summed E-state index contributed by atoms with van der Waals surface area (Å²) in [5, 5.41) is 2.82. The second-order valence-electron chi connectivity index (χ2n) is 5.33. The summed E-state index contributed by atoms with van der Waals surface area (Å²) in [7, 11) is -3.50. The first kappa shape index (κ1) is 14.8. The Hall–Kier alpha value is -1.56. The number of hydrogen-bond acceptors (Lipinski definition) is 3. The van der Waals surface area contributed by atoms with Gasteiger partial charge in [-0.15, -0.1) is 0 Å². The first-order valence-electron chi connectivity index (χ1n) is 6.62. The zero-order chi connectivity index (χ0) is 14.9. The molecule has 1 aliphatic carbocycles. The van der Waals surface area contributed by atoms with Crippen molar-refractivity contribution in [3.05, 3.63) is 29.3 Å². The Balaban J connectivity index is 2.27. The van der Waals surface area contributed by atoms with E-state index in [1.165, 1.54) is 4.31 Å². The minimum atomic E-state index is -3.50. The van der Waals surface area contributed by atoms with E-state index in [1.54, 1.807) is 12.1 Å². The van der Waals surface area contributed by atoms with Gasteiger partial charge in [0.05, 0.1) is 11.9 Å². The smallest absolute Gasteiger partial charge is 0.240 e. The maximum absolute atomic E-state index is 12.0. The number of benzene rings is 1. The molecule has 20 heavy (non-hydrogen) atoms. The van der Waals surface area contributed by atoms with Crippen molar-refractivity contribution in [3.63, 3.8) is 0 Å². The molecule has 1 fully saturated rings. The fourth-order valence-corrected chi connectivity index (χ4v) is 2.93. The fourth-order valence-electron chi connectivity index (χ4n) is 2.02. The van der Waals surface area contributed by atoms with Crippen molar-refractivity contribution in [2.75, 3.05) is 17.1 Å². The molecule has 5 nitrogen and oxygen atoms in total. The van der Waals surface area contributed by atoms with Crippen molar-refractivity contribution in [2.24, 2.45) is 0 Å². The van der Waals surface area contributed by atoms with Gasteiger partial charge < -0.3 is 5.32 Å². The molecule has 0 spiro atoms. The van der Waals surface area contributed by atoms with Gasteiger partial charge in [0.1, 0.15) is 6.54 Å². The molecule has 1 saturated carbocycles. The third kappa shape index (κ3) is 3.50. The van der Waals surface area contributed by atoms with Gasteiger partial charge in [0, 0.05) is 6.04 Å². The van der Waals surface area contributed by atoms with Gasteiger partial charge in [-0.25, -0.2) is 8.42 Å². The van der Waals surface area contributed by atoms with Crippen molar-refractivity contribution >= 4 is 21.6 Å². The molecular weight excluding hydrogens is 276 g/mol. The third-order valence-corrected chi connectivity index (χ3v) is 4.60. The van der Waals surface area contributed by atoms with Crippen LogP contribution in [-0.4, -0.2) is 33.2 Å². The van der Waals surface area contributed by atoms with Crippen LogP contribution in [0.2, 0.25) is 0 Å². The van der Waals surface area contributed by atoms with E-state index in [9.17, 15) is 13.2 Å². The van der Waals surface area contributed by atoms with Crippen LogP contribution in [0.5, 0.6) is 0 Å². The minimum absolute atomic E-state index is 0.167. The first-order valence-corrected chi connectivity index (χ1v) is 8.47. The fraction of sp³-hybridized carbons (Fsp3) is 0.500. The summed E-state index contributed by atoms with van der Waals surface area (Å²) in [6.45, 7) is 3.62. The monoisotopic (exact) mass is 296 g/mol. The van der Waals surface area contributed by atoms with Gasteiger partial charge in [0.2, 0.25) is 15.9 Å². The SMILES string of the molecule is Cc1cccc(N(CC(=O)NC2CC2)S(C)(=O)=O)c1C. The van der Waals surface area contributed by atoms with Crippen LogP contribution in [0.4, 0.5) is 5.69 Å². The van der Waals surface area contributed by atoms with Gasteiger partial charge >= 0.3 is 0 Å². The van der Waals surface area contributed by atoms with E-state index >= 15 is 0 Å². The van der Waals surface area contributed by atoms with Gasteiger partial charge in [-0.05, 0) is 43.9 Å². The lowest BCUT2D eigenvalue weighted by Gasteiger charge is -2.24. The molecule has 0 aliphatic heterocycles. The summed E-state index contributed by atoms with van der Waals surface area (Å²) in [6, 6.07) is 5.67. The Bertz CT molecular complexity index is 621. The van der Waals surface area contributed by atoms with E-state index in [2.05, 4.69) is 5.32 Å². The topological polar surface area (TPSA) is 66.5 Å². The minimum Gasteiger partial charge on any atom is -0.352 e. The summed E-state index contributed by atoms with van der Waals surface area (Å²) >= 11 is 0. The predicted octanol–water partition coefficient (Wildman–Crippen LogP) is 1.35. The summed E-state index contributed by atoms with van der Waals surface area (Å²) in [5.41, 5.74) is 2.44. The summed E-state index contributed by atoms with van der Waals surface area (Å²) < 4.78 is 25.1. The molecule has 1 aromatic rings. The van der Waals surface area contributed by atoms with E-state index in [1.807, 2.05) is 19.9 Å². The highest BCUT2D eigenvalue weighted by Gasteiger charge is 2.27. The summed E-state index contributed by atoms with van der Waals surface area (Å²) in [5.74, 6) is -0.251. The molecule has 0 heterocycles. The molecule has 0 atom stereocenters. The van der Waals surface area contributed by atoms with Crippen LogP contribution in [-0.2, 0) is 14.8 Å². The lowest BCUT2D eigenvalue weighted by atomic mass is 10.1. The molecule has 1 aromatic carbocycles. The number of nitrogens with zero attached hydrogens (tertiary/aromatic N) is 1. The Morgan fingerprint density at radius 2 is 2.00 bits per heavy atom. The lowest BCUT2D eigenvalue weighted by molar-refractivity contribution is -0.119. The molecule has 2 rings (SSSR count). The molecule has 6 heteroatoms. The molecule has 110 valence electrons. The molecule has 0 radical (unpaired) electrons. The quantitative estimate of drug-likeness (QED) is 0.892. The number of aryl methyl sites for hydroxylation is 1. The van der Waals surface area contributed by atoms with Crippen LogP contribution >= 0.6 is 0 Å². The van der Waals surface area contributed by atoms with Crippen molar-refractivity contribution in [1.82, 2.24) is 5.32 Å². The van der Waals surface area contributed by atoms with E-state index in [-0.39, 0.29) is 18.5 Å². The molecule has 0 aromatic heterocycles. The van der Waals surface area contributed by atoms with Crippen molar-refractivity contribution in [1.29, 1.82) is 0 Å². The molecule has 0 saturated heterocycles. The largest absolute Gasteiger partial charge is 0.352 e. The molecule has 1 aliphatic rings. The van der Waals surface area contributed by atoms with Gasteiger partial charge in [0.15, 0.2) is 0 Å². The highest BCUT2D eigenvalue weighted by molar-refractivity contribution is 7.92. The highest BCUT2D eigenvalue weighted by Crippen LogP contribution is 2.25. The number of carbonyl (C=O) groups is 1. The van der Waals surface area contributed by atoms with Crippen molar-refractivity contribution < 1.29 is 13.2 Å². The van der Waals surface area contributed by atoms with E-state index < -0.39 is 10.0 Å². The van der Waals surface area contributed by atoms with Crippen LogP contribution in [0, 0.1) is 13.8 Å². The maximum Gasteiger partial charge on any atom is 0.240 e. The molecule has 0 unspecified atom stereocenters. The number of amides is 1. The Morgan fingerprint density at radius 1 is 1.35 bits per heavy atom. The van der Waals surface area contributed by atoms with Crippen LogP contribution < -0.4 is 9.62 Å². The molecular formula is C14H20N2O3S.